The summed E-state index contributed by atoms with van der Waals surface area (Å²) in [5, 5.41) is 23.4. The molecule has 1 unspecified atom stereocenters. The van der Waals surface area contributed by atoms with Crippen molar-refractivity contribution in [2.75, 3.05) is 18.1 Å². The van der Waals surface area contributed by atoms with E-state index in [1.165, 1.54) is 6.33 Å². The van der Waals surface area contributed by atoms with Crippen molar-refractivity contribution in [2.45, 2.75) is 31.6 Å². The van der Waals surface area contributed by atoms with Crippen LogP contribution >= 0.6 is 15.9 Å². The van der Waals surface area contributed by atoms with E-state index in [0.29, 0.717) is 40.4 Å². The minimum absolute atomic E-state index is 0.218. The van der Waals surface area contributed by atoms with Gasteiger partial charge in [-0.3, -0.25) is 0 Å². The minimum atomic E-state index is -0.981. The molecule has 0 amide bonds. The highest BCUT2D eigenvalue weighted by Crippen LogP contribution is 2.46. The number of nitrogens with zero attached hydrogens (tertiary/aromatic N) is 4. The molecule has 0 saturated heterocycles. The van der Waals surface area contributed by atoms with Crippen LogP contribution in [0.5, 0.6) is 5.75 Å². The molecule has 1 saturated carbocycles. The quantitative estimate of drug-likeness (QED) is 0.335. The highest BCUT2D eigenvalue weighted by atomic mass is 79.9. The van der Waals surface area contributed by atoms with Crippen molar-refractivity contribution in [1.29, 1.82) is 0 Å². The predicted octanol–water partition coefficient (Wildman–Crippen LogP) is 2.66. The molecule has 1 aliphatic carbocycles. The summed E-state index contributed by atoms with van der Waals surface area (Å²) in [6, 6.07) is 8.92. The van der Waals surface area contributed by atoms with Crippen molar-refractivity contribution < 1.29 is 14.9 Å². The molecule has 10 heteroatoms. The van der Waals surface area contributed by atoms with E-state index in [9.17, 15) is 10.2 Å². The fourth-order valence-corrected chi connectivity index (χ4v) is 4.82. The fraction of sp³-hybridized carbons (Fsp3) is 0.318. The molecule has 6 N–H and O–H groups in total. The van der Waals surface area contributed by atoms with Crippen LogP contribution < -0.4 is 16.2 Å². The molecule has 0 bridgehead atoms. The summed E-state index contributed by atoms with van der Waals surface area (Å²) in [4.78, 5) is 12.7. The first-order valence-corrected chi connectivity index (χ1v) is 11.0. The molecule has 4 atom stereocenters. The van der Waals surface area contributed by atoms with Crippen LogP contribution in [-0.2, 0) is 0 Å². The van der Waals surface area contributed by atoms with Crippen LogP contribution in [0.25, 0.3) is 21.9 Å². The third-order valence-electron chi connectivity index (χ3n) is 6.34. The molecule has 0 radical (unpaired) electrons. The second-order valence-corrected chi connectivity index (χ2v) is 9.43. The van der Waals surface area contributed by atoms with Crippen molar-refractivity contribution in [1.82, 2.24) is 19.5 Å². The average molecular weight is 499 g/mol. The molecule has 4 aromatic rings. The fourth-order valence-electron chi connectivity index (χ4n) is 4.48. The number of aliphatic hydroxyl groups excluding tert-OH is 2. The number of halogens is 1. The van der Waals surface area contributed by atoms with Crippen LogP contribution in [0.1, 0.15) is 19.4 Å². The van der Waals surface area contributed by atoms with Gasteiger partial charge in [0.05, 0.1) is 34.1 Å². The summed E-state index contributed by atoms with van der Waals surface area (Å²) in [7, 11) is 0. The number of pyridine rings is 1. The maximum atomic E-state index is 10.9. The Morgan fingerprint density at radius 3 is 2.81 bits per heavy atom. The van der Waals surface area contributed by atoms with Crippen LogP contribution in [0.4, 0.5) is 11.6 Å². The second-order valence-electron chi connectivity index (χ2n) is 8.58. The van der Waals surface area contributed by atoms with Gasteiger partial charge in [-0.15, -0.1) is 0 Å². The molecule has 0 aliphatic heterocycles. The number of benzene rings is 1. The largest absolute Gasteiger partial charge is 0.493 e. The number of aromatic nitrogens is 4. The van der Waals surface area contributed by atoms with E-state index in [-0.39, 0.29) is 12.6 Å². The Morgan fingerprint density at radius 2 is 2.00 bits per heavy atom. The van der Waals surface area contributed by atoms with Crippen LogP contribution in [-0.4, -0.2) is 48.5 Å². The maximum Gasteiger partial charge on any atom is 0.145 e. The molecule has 0 spiro atoms. The van der Waals surface area contributed by atoms with Gasteiger partial charge in [0.1, 0.15) is 35.5 Å². The average Bonchev–Trinajstić information content (AvgIpc) is 3.29. The number of rotatable bonds is 4. The number of aliphatic hydroxyl groups is 2. The van der Waals surface area contributed by atoms with Gasteiger partial charge in [-0.1, -0.05) is 6.92 Å². The van der Waals surface area contributed by atoms with Crippen molar-refractivity contribution in [3.8, 4) is 5.75 Å². The molecular weight excluding hydrogens is 476 g/mol. The van der Waals surface area contributed by atoms with Crippen LogP contribution in [0.2, 0.25) is 0 Å². The van der Waals surface area contributed by atoms with Gasteiger partial charge >= 0.3 is 0 Å². The van der Waals surface area contributed by atoms with Crippen LogP contribution in [0, 0.1) is 5.41 Å². The van der Waals surface area contributed by atoms with Gasteiger partial charge in [0, 0.05) is 23.1 Å². The lowest BCUT2D eigenvalue weighted by Gasteiger charge is -2.28. The van der Waals surface area contributed by atoms with Crippen molar-refractivity contribution in [3.63, 3.8) is 0 Å². The van der Waals surface area contributed by atoms with Gasteiger partial charge in [0.2, 0.25) is 0 Å². The third kappa shape index (κ3) is 3.35. The molecule has 9 nitrogen and oxygen atoms in total. The van der Waals surface area contributed by atoms with Gasteiger partial charge in [-0.2, -0.15) is 0 Å². The SMILES string of the molecule is CC1(COc2ccc3cc(Br)c(N)nc3c2)C[C@@H](n2ccc3c(N)ncnc32)[C@H](O)[C@@H]1O. The van der Waals surface area contributed by atoms with Gasteiger partial charge < -0.3 is 31.0 Å². The van der Waals surface area contributed by atoms with Crippen molar-refractivity contribution in [2.24, 2.45) is 5.41 Å². The van der Waals surface area contributed by atoms with Crippen LogP contribution in [0.15, 0.2) is 47.3 Å². The van der Waals surface area contributed by atoms with Crippen molar-refractivity contribution in [3.05, 3.63) is 47.3 Å². The molecule has 166 valence electrons. The Balaban J connectivity index is 1.38. The summed E-state index contributed by atoms with van der Waals surface area (Å²) in [5.74, 6) is 1.40. The highest BCUT2D eigenvalue weighted by Gasteiger charge is 2.51. The number of nitrogen functional groups attached to an aromatic ring is 2. The van der Waals surface area contributed by atoms with E-state index in [1.54, 1.807) is 0 Å². The Hall–Kier alpha value is -2.95. The summed E-state index contributed by atoms with van der Waals surface area (Å²) in [5.41, 5.74) is 12.5. The summed E-state index contributed by atoms with van der Waals surface area (Å²) < 4.78 is 8.64. The minimum Gasteiger partial charge on any atom is -0.493 e. The second kappa shape index (κ2) is 7.58. The van der Waals surface area contributed by atoms with E-state index >= 15 is 0 Å². The Bertz CT molecular complexity index is 1330. The van der Waals surface area contributed by atoms with Crippen molar-refractivity contribution >= 4 is 49.5 Å². The predicted molar refractivity (Wildman–Crippen MR) is 125 cm³/mol. The lowest BCUT2D eigenvalue weighted by Crippen LogP contribution is -2.38. The van der Waals surface area contributed by atoms with Gasteiger partial charge in [0.15, 0.2) is 0 Å². The van der Waals surface area contributed by atoms with Gasteiger partial charge in [-0.25, -0.2) is 15.0 Å². The lowest BCUT2D eigenvalue weighted by molar-refractivity contribution is -0.0364. The molecular formula is C22H23BrN6O3. The Kier molecular flexibility index (Phi) is 4.95. The Morgan fingerprint density at radius 1 is 1.19 bits per heavy atom. The van der Waals surface area contributed by atoms with E-state index in [4.69, 9.17) is 16.2 Å². The van der Waals surface area contributed by atoms with E-state index in [1.807, 2.05) is 48.0 Å². The normalized spacial score (nSPS) is 25.6. The van der Waals surface area contributed by atoms with E-state index in [2.05, 4.69) is 30.9 Å². The molecule has 1 aromatic carbocycles. The standard InChI is InChI=1S/C22H23BrN6O3/c1-22(9-32-12-3-2-11-6-14(23)20(25)28-15(11)7-12)8-16(17(30)18(22)31)29-5-4-13-19(24)26-10-27-21(13)29/h2-7,10,16-18,30-31H,8-9H2,1H3,(H2,25,28)(H2,24,26,27)/t16-,17+,18+,22?/m1/s1. The van der Waals surface area contributed by atoms with Crippen LogP contribution in [0.3, 0.4) is 0 Å². The maximum absolute atomic E-state index is 10.9. The number of anilines is 2. The lowest BCUT2D eigenvalue weighted by atomic mass is 9.87. The monoisotopic (exact) mass is 498 g/mol. The topological polar surface area (TPSA) is 145 Å². The first-order chi connectivity index (χ1) is 15.3. The number of hydrogen-bond donors (Lipinski definition) is 4. The first kappa shape index (κ1) is 20.9. The number of hydrogen-bond acceptors (Lipinski definition) is 8. The summed E-state index contributed by atoms with van der Waals surface area (Å²) >= 11 is 3.38. The smallest absolute Gasteiger partial charge is 0.145 e. The summed E-state index contributed by atoms with van der Waals surface area (Å²) in [6.45, 7) is 2.12. The third-order valence-corrected chi connectivity index (χ3v) is 6.98. The molecule has 1 aliphatic rings. The molecule has 3 aromatic heterocycles. The van der Waals surface area contributed by atoms with E-state index in [0.717, 1.165) is 9.86 Å². The van der Waals surface area contributed by atoms with Gasteiger partial charge in [0.25, 0.3) is 0 Å². The zero-order chi connectivity index (χ0) is 22.6. The molecule has 3 heterocycles. The van der Waals surface area contributed by atoms with Gasteiger partial charge in [-0.05, 0) is 46.6 Å². The molecule has 1 fully saturated rings. The highest BCUT2D eigenvalue weighted by molar-refractivity contribution is 9.10. The zero-order valence-electron chi connectivity index (χ0n) is 17.3. The Labute approximate surface area is 192 Å². The number of nitrogens with two attached hydrogens (primary N) is 2. The number of fused-ring (bicyclic) bond motifs is 2. The summed E-state index contributed by atoms with van der Waals surface area (Å²) in [6.07, 6.45) is 1.75. The first-order valence-electron chi connectivity index (χ1n) is 10.2. The molecule has 32 heavy (non-hydrogen) atoms. The number of ether oxygens (including phenoxy) is 1. The molecule has 5 rings (SSSR count). The van der Waals surface area contributed by atoms with E-state index < -0.39 is 17.6 Å². The zero-order valence-corrected chi connectivity index (χ0v) is 18.9.